The molecule has 0 saturated carbocycles. The number of carbonyl (C=O) groups is 2. The normalized spacial score (nSPS) is 17.3. The lowest BCUT2D eigenvalue weighted by Gasteiger charge is -2.31. The third kappa shape index (κ3) is 3.52. The molecule has 0 radical (unpaired) electrons. The van der Waals surface area contributed by atoms with Crippen LogP contribution in [0.4, 0.5) is 0 Å². The molecule has 1 amide bonds. The molecule has 1 unspecified atom stereocenters. The SMILES string of the molecule is O=C(O)C1CN(C(=O)c2ccccc2Oc2cccnc2)CCO1. The maximum Gasteiger partial charge on any atom is 0.334 e. The molecule has 124 valence electrons. The van der Waals surface area contributed by atoms with Gasteiger partial charge >= 0.3 is 5.97 Å². The first kappa shape index (κ1) is 15.9. The number of ether oxygens (including phenoxy) is 2. The lowest BCUT2D eigenvalue weighted by Crippen LogP contribution is -2.48. The van der Waals surface area contributed by atoms with Crippen molar-refractivity contribution in [3.63, 3.8) is 0 Å². The summed E-state index contributed by atoms with van der Waals surface area (Å²) in [6, 6.07) is 10.3. The van der Waals surface area contributed by atoms with Gasteiger partial charge in [0.2, 0.25) is 0 Å². The van der Waals surface area contributed by atoms with Gasteiger partial charge in [0.25, 0.3) is 5.91 Å². The van der Waals surface area contributed by atoms with Crippen molar-refractivity contribution < 1.29 is 24.2 Å². The second-order valence-electron chi connectivity index (χ2n) is 5.24. The molecule has 2 aromatic rings. The number of morpholine rings is 1. The van der Waals surface area contributed by atoms with Crippen LogP contribution in [0.25, 0.3) is 0 Å². The van der Waals surface area contributed by atoms with E-state index in [9.17, 15) is 9.59 Å². The molecule has 1 aliphatic heterocycles. The summed E-state index contributed by atoms with van der Waals surface area (Å²) in [5, 5.41) is 9.06. The highest BCUT2D eigenvalue weighted by molar-refractivity contribution is 5.97. The molecular weight excluding hydrogens is 312 g/mol. The van der Waals surface area contributed by atoms with Crippen molar-refractivity contribution in [1.29, 1.82) is 0 Å². The van der Waals surface area contributed by atoms with Gasteiger partial charge in [0.1, 0.15) is 11.5 Å². The fourth-order valence-electron chi connectivity index (χ4n) is 2.42. The Hall–Kier alpha value is -2.93. The van der Waals surface area contributed by atoms with E-state index >= 15 is 0 Å². The second kappa shape index (κ2) is 7.10. The third-order valence-corrected chi connectivity index (χ3v) is 3.61. The Labute approximate surface area is 138 Å². The van der Waals surface area contributed by atoms with Crippen molar-refractivity contribution in [2.24, 2.45) is 0 Å². The summed E-state index contributed by atoms with van der Waals surface area (Å²) in [5.41, 5.74) is 0.368. The number of aromatic nitrogens is 1. The molecule has 7 heteroatoms. The summed E-state index contributed by atoms with van der Waals surface area (Å²) in [5.74, 6) is -0.451. The summed E-state index contributed by atoms with van der Waals surface area (Å²) >= 11 is 0. The molecule has 7 nitrogen and oxygen atoms in total. The maximum atomic E-state index is 12.8. The highest BCUT2D eigenvalue weighted by atomic mass is 16.5. The van der Waals surface area contributed by atoms with Gasteiger partial charge in [0.05, 0.1) is 24.9 Å². The smallest absolute Gasteiger partial charge is 0.334 e. The fourth-order valence-corrected chi connectivity index (χ4v) is 2.42. The number of carbonyl (C=O) groups excluding carboxylic acids is 1. The van der Waals surface area contributed by atoms with Crippen LogP contribution in [0.5, 0.6) is 11.5 Å². The van der Waals surface area contributed by atoms with Crippen molar-refractivity contribution in [2.75, 3.05) is 19.7 Å². The summed E-state index contributed by atoms with van der Waals surface area (Å²) in [6.07, 6.45) is 2.18. The van der Waals surface area contributed by atoms with E-state index in [4.69, 9.17) is 14.6 Å². The lowest BCUT2D eigenvalue weighted by molar-refractivity contribution is -0.154. The largest absolute Gasteiger partial charge is 0.479 e. The number of hydrogen-bond donors (Lipinski definition) is 1. The quantitative estimate of drug-likeness (QED) is 0.920. The molecule has 1 aromatic carbocycles. The Morgan fingerprint density at radius 2 is 2.08 bits per heavy atom. The van der Waals surface area contributed by atoms with E-state index in [1.54, 1.807) is 48.8 Å². The molecule has 1 N–H and O–H groups in total. The van der Waals surface area contributed by atoms with E-state index in [-0.39, 0.29) is 19.1 Å². The first-order valence-corrected chi connectivity index (χ1v) is 7.46. The highest BCUT2D eigenvalue weighted by Crippen LogP contribution is 2.26. The summed E-state index contributed by atoms with van der Waals surface area (Å²) < 4.78 is 10.9. The lowest BCUT2D eigenvalue weighted by atomic mass is 10.1. The van der Waals surface area contributed by atoms with Crippen LogP contribution >= 0.6 is 0 Å². The van der Waals surface area contributed by atoms with Crippen LogP contribution in [-0.2, 0) is 9.53 Å². The fraction of sp³-hybridized carbons (Fsp3) is 0.235. The number of pyridine rings is 1. The van der Waals surface area contributed by atoms with Gasteiger partial charge in [0.15, 0.2) is 6.10 Å². The zero-order valence-electron chi connectivity index (χ0n) is 12.8. The van der Waals surface area contributed by atoms with Gasteiger partial charge in [-0.2, -0.15) is 0 Å². The Balaban J connectivity index is 1.81. The first-order valence-electron chi connectivity index (χ1n) is 7.46. The molecule has 3 rings (SSSR count). The monoisotopic (exact) mass is 328 g/mol. The first-order chi connectivity index (χ1) is 11.6. The number of hydrogen-bond acceptors (Lipinski definition) is 5. The van der Waals surface area contributed by atoms with Gasteiger partial charge in [0, 0.05) is 12.7 Å². The number of rotatable bonds is 4. The van der Waals surface area contributed by atoms with Gasteiger partial charge < -0.3 is 19.5 Å². The molecule has 0 aliphatic carbocycles. The number of carboxylic acid groups (broad SMARTS) is 1. The van der Waals surface area contributed by atoms with E-state index in [1.807, 2.05) is 0 Å². The van der Waals surface area contributed by atoms with E-state index in [2.05, 4.69) is 4.98 Å². The summed E-state index contributed by atoms with van der Waals surface area (Å²) in [6.45, 7) is 0.535. The van der Waals surface area contributed by atoms with Crippen LogP contribution in [0.1, 0.15) is 10.4 Å². The van der Waals surface area contributed by atoms with Gasteiger partial charge in [-0.25, -0.2) is 4.79 Å². The molecule has 1 aromatic heterocycles. The Morgan fingerprint density at radius 1 is 1.25 bits per heavy atom. The van der Waals surface area contributed by atoms with Gasteiger partial charge in [-0.05, 0) is 24.3 Å². The molecule has 0 bridgehead atoms. The minimum absolute atomic E-state index is 0.00932. The van der Waals surface area contributed by atoms with Crippen molar-refractivity contribution in [2.45, 2.75) is 6.10 Å². The number of aliphatic carboxylic acids is 1. The molecule has 24 heavy (non-hydrogen) atoms. The van der Waals surface area contributed by atoms with Crippen LogP contribution < -0.4 is 4.74 Å². The molecule has 1 aliphatic rings. The third-order valence-electron chi connectivity index (χ3n) is 3.61. The molecule has 1 fully saturated rings. The molecule has 1 saturated heterocycles. The summed E-state index contributed by atoms with van der Waals surface area (Å²) in [4.78, 5) is 29.3. The van der Waals surface area contributed by atoms with Crippen LogP contribution in [0.3, 0.4) is 0 Å². The number of amides is 1. The average molecular weight is 328 g/mol. The van der Waals surface area contributed by atoms with Crippen LogP contribution in [-0.4, -0.2) is 52.7 Å². The highest BCUT2D eigenvalue weighted by Gasteiger charge is 2.30. The zero-order valence-corrected chi connectivity index (χ0v) is 12.8. The van der Waals surface area contributed by atoms with Crippen LogP contribution in [0, 0.1) is 0 Å². The maximum absolute atomic E-state index is 12.8. The van der Waals surface area contributed by atoms with E-state index in [0.717, 1.165) is 0 Å². The number of benzene rings is 1. The predicted molar refractivity (Wildman–Crippen MR) is 84.0 cm³/mol. The predicted octanol–water partition coefficient (Wildman–Crippen LogP) is 1.80. The van der Waals surface area contributed by atoms with Crippen molar-refractivity contribution in [1.82, 2.24) is 9.88 Å². The van der Waals surface area contributed by atoms with E-state index in [1.165, 1.54) is 4.90 Å². The van der Waals surface area contributed by atoms with Gasteiger partial charge in [-0.1, -0.05) is 12.1 Å². The van der Waals surface area contributed by atoms with Crippen molar-refractivity contribution in [3.05, 3.63) is 54.4 Å². The molecule has 2 heterocycles. The van der Waals surface area contributed by atoms with E-state index in [0.29, 0.717) is 23.6 Å². The van der Waals surface area contributed by atoms with Crippen LogP contribution in [0.15, 0.2) is 48.8 Å². The molecule has 1 atom stereocenters. The van der Waals surface area contributed by atoms with Crippen LogP contribution in [0.2, 0.25) is 0 Å². The topological polar surface area (TPSA) is 89.0 Å². The van der Waals surface area contributed by atoms with Crippen molar-refractivity contribution >= 4 is 11.9 Å². The Bertz CT molecular complexity index is 735. The standard InChI is InChI=1S/C17H16N2O5/c20-16(19-8-9-23-15(11-19)17(21)22)13-5-1-2-6-14(13)24-12-4-3-7-18-10-12/h1-7,10,15H,8-9,11H2,(H,21,22). The average Bonchev–Trinajstić information content (AvgIpc) is 2.62. The minimum Gasteiger partial charge on any atom is -0.479 e. The van der Waals surface area contributed by atoms with E-state index < -0.39 is 12.1 Å². The second-order valence-corrected chi connectivity index (χ2v) is 5.24. The molecule has 0 spiro atoms. The zero-order chi connectivity index (χ0) is 16.9. The minimum atomic E-state index is -1.08. The Morgan fingerprint density at radius 3 is 2.83 bits per heavy atom. The summed E-state index contributed by atoms with van der Waals surface area (Å²) in [7, 11) is 0. The number of nitrogens with zero attached hydrogens (tertiary/aromatic N) is 2. The number of para-hydroxylation sites is 1. The Kier molecular flexibility index (Phi) is 4.72. The van der Waals surface area contributed by atoms with Gasteiger partial charge in [-0.3, -0.25) is 9.78 Å². The van der Waals surface area contributed by atoms with Crippen molar-refractivity contribution in [3.8, 4) is 11.5 Å². The number of carboxylic acids is 1. The van der Waals surface area contributed by atoms with Gasteiger partial charge in [-0.15, -0.1) is 0 Å². The molecular formula is C17H16N2O5.